The van der Waals surface area contributed by atoms with Crippen LogP contribution in [0.2, 0.25) is 0 Å². The van der Waals surface area contributed by atoms with Gasteiger partial charge in [-0.3, -0.25) is 4.79 Å². The number of hydrogen-bond acceptors (Lipinski definition) is 4. The lowest BCUT2D eigenvalue weighted by Gasteiger charge is -2.10. The van der Waals surface area contributed by atoms with Crippen molar-refractivity contribution in [2.75, 3.05) is 11.9 Å². The normalized spacial score (nSPS) is 10.4. The Kier molecular flexibility index (Phi) is 5.59. The van der Waals surface area contributed by atoms with Gasteiger partial charge in [0.2, 0.25) is 0 Å². The van der Waals surface area contributed by atoms with Gasteiger partial charge in [0.15, 0.2) is 5.76 Å². The van der Waals surface area contributed by atoms with E-state index >= 15 is 0 Å². The van der Waals surface area contributed by atoms with Crippen molar-refractivity contribution in [3.8, 4) is 11.5 Å². The van der Waals surface area contributed by atoms with E-state index in [2.05, 4.69) is 5.32 Å². The summed E-state index contributed by atoms with van der Waals surface area (Å²) in [4.78, 5) is 12.4. The van der Waals surface area contributed by atoms with Gasteiger partial charge in [-0.1, -0.05) is 29.8 Å². The van der Waals surface area contributed by atoms with Gasteiger partial charge < -0.3 is 19.2 Å². The number of furan rings is 1. The Bertz CT molecular complexity index is 868. The van der Waals surface area contributed by atoms with Crippen LogP contribution < -0.4 is 14.8 Å². The molecule has 0 radical (unpaired) electrons. The average Bonchev–Trinajstić information content (AvgIpc) is 3.12. The number of amides is 1. The number of rotatable bonds is 7. The predicted molar refractivity (Wildman–Crippen MR) is 99.8 cm³/mol. The third-order valence-corrected chi connectivity index (χ3v) is 3.72. The minimum absolute atomic E-state index is 0.221. The number of carbonyl (C=O) groups is 1. The van der Waals surface area contributed by atoms with Gasteiger partial charge in [0.05, 0.1) is 12.3 Å². The summed E-state index contributed by atoms with van der Waals surface area (Å²) in [7, 11) is 0. The predicted octanol–water partition coefficient (Wildman–Crippen LogP) is 4.82. The number of para-hydroxylation sites is 2. The molecule has 0 atom stereocenters. The minimum atomic E-state index is -0.335. The highest BCUT2D eigenvalue weighted by atomic mass is 16.5. The Labute approximate surface area is 152 Å². The molecular weight excluding hydrogens is 330 g/mol. The summed E-state index contributed by atoms with van der Waals surface area (Å²) in [5, 5.41) is 2.81. The average molecular weight is 351 g/mol. The van der Waals surface area contributed by atoms with Gasteiger partial charge in [0, 0.05) is 0 Å². The molecule has 0 saturated carbocycles. The molecule has 134 valence electrons. The maximum Gasteiger partial charge on any atom is 0.291 e. The van der Waals surface area contributed by atoms with Crippen molar-refractivity contribution < 1.29 is 18.7 Å². The molecule has 0 aliphatic rings. The summed E-state index contributed by atoms with van der Waals surface area (Å²) < 4.78 is 16.8. The molecule has 2 aromatic carbocycles. The summed E-state index contributed by atoms with van der Waals surface area (Å²) in [6.07, 6.45) is 0. The van der Waals surface area contributed by atoms with Crippen LogP contribution in [0.4, 0.5) is 5.69 Å². The van der Waals surface area contributed by atoms with E-state index in [-0.39, 0.29) is 18.3 Å². The van der Waals surface area contributed by atoms with E-state index in [1.807, 2.05) is 56.3 Å². The molecule has 0 spiro atoms. The van der Waals surface area contributed by atoms with Crippen LogP contribution in [-0.4, -0.2) is 12.5 Å². The number of anilines is 1. The molecule has 0 unspecified atom stereocenters. The minimum Gasteiger partial charge on any atom is -0.492 e. The Hall–Kier alpha value is -3.21. The fourth-order valence-corrected chi connectivity index (χ4v) is 2.40. The van der Waals surface area contributed by atoms with Crippen molar-refractivity contribution in [3.05, 3.63) is 77.7 Å². The van der Waals surface area contributed by atoms with Gasteiger partial charge in [-0.2, -0.15) is 0 Å². The summed E-state index contributed by atoms with van der Waals surface area (Å²) >= 11 is 0. The monoisotopic (exact) mass is 351 g/mol. The standard InChI is InChI=1S/C21H21NO4/c1-3-24-19-7-5-4-6-18(19)22-21(23)20-13-12-17(26-20)14-25-16-10-8-15(2)9-11-16/h4-13H,3,14H2,1-2H3,(H,22,23). The number of ether oxygens (including phenoxy) is 2. The first-order valence-corrected chi connectivity index (χ1v) is 8.47. The molecule has 0 fully saturated rings. The fourth-order valence-electron chi connectivity index (χ4n) is 2.40. The molecule has 5 heteroatoms. The number of hydrogen-bond donors (Lipinski definition) is 1. The molecule has 3 aromatic rings. The summed E-state index contributed by atoms with van der Waals surface area (Å²) in [6, 6.07) is 18.4. The van der Waals surface area contributed by atoms with Crippen molar-refractivity contribution in [2.45, 2.75) is 20.5 Å². The molecule has 1 amide bonds. The van der Waals surface area contributed by atoms with Gasteiger partial charge in [0.25, 0.3) is 5.91 Å². The highest BCUT2D eigenvalue weighted by Crippen LogP contribution is 2.24. The molecule has 0 aliphatic carbocycles. The highest BCUT2D eigenvalue weighted by Gasteiger charge is 2.14. The quantitative estimate of drug-likeness (QED) is 0.663. The van der Waals surface area contributed by atoms with E-state index in [1.54, 1.807) is 18.2 Å². The molecular formula is C21H21NO4. The van der Waals surface area contributed by atoms with Gasteiger partial charge in [-0.25, -0.2) is 0 Å². The second kappa shape index (κ2) is 8.25. The number of carbonyl (C=O) groups excluding carboxylic acids is 1. The smallest absolute Gasteiger partial charge is 0.291 e. The summed E-state index contributed by atoms with van der Waals surface area (Å²) in [6.45, 7) is 4.69. The third-order valence-electron chi connectivity index (χ3n) is 3.72. The molecule has 3 rings (SSSR count). The zero-order chi connectivity index (χ0) is 18.4. The van der Waals surface area contributed by atoms with Gasteiger partial charge in [-0.15, -0.1) is 0 Å². The molecule has 0 saturated heterocycles. The van der Waals surface area contributed by atoms with Crippen molar-refractivity contribution in [1.29, 1.82) is 0 Å². The number of aryl methyl sites for hydroxylation is 1. The molecule has 0 bridgehead atoms. The molecule has 1 heterocycles. The topological polar surface area (TPSA) is 60.7 Å². The zero-order valence-corrected chi connectivity index (χ0v) is 14.8. The zero-order valence-electron chi connectivity index (χ0n) is 14.8. The SMILES string of the molecule is CCOc1ccccc1NC(=O)c1ccc(COc2ccc(C)cc2)o1. The van der Waals surface area contributed by atoms with Crippen LogP contribution >= 0.6 is 0 Å². The number of benzene rings is 2. The Morgan fingerprint density at radius 1 is 1.00 bits per heavy atom. The van der Waals surface area contributed by atoms with Crippen molar-refractivity contribution in [2.24, 2.45) is 0 Å². The van der Waals surface area contributed by atoms with Gasteiger partial charge >= 0.3 is 0 Å². The lowest BCUT2D eigenvalue weighted by Crippen LogP contribution is -2.12. The fraction of sp³-hybridized carbons (Fsp3) is 0.190. The van der Waals surface area contributed by atoms with E-state index in [4.69, 9.17) is 13.9 Å². The lowest BCUT2D eigenvalue weighted by molar-refractivity contribution is 0.0992. The Morgan fingerprint density at radius 2 is 1.77 bits per heavy atom. The highest BCUT2D eigenvalue weighted by molar-refractivity contribution is 6.03. The maximum absolute atomic E-state index is 12.4. The van der Waals surface area contributed by atoms with Crippen molar-refractivity contribution >= 4 is 11.6 Å². The summed E-state index contributed by atoms with van der Waals surface area (Å²) in [5.41, 5.74) is 1.77. The Morgan fingerprint density at radius 3 is 2.54 bits per heavy atom. The van der Waals surface area contributed by atoms with E-state index in [9.17, 15) is 4.79 Å². The largest absolute Gasteiger partial charge is 0.492 e. The van der Waals surface area contributed by atoms with Crippen molar-refractivity contribution in [1.82, 2.24) is 0 Å². The van der Waals surface area contributed by atoms with E-state index in [0.29, 0.717) is 23.8 Å². The molecule has 1 N–H and O–H groups in total. The van der Waals surface area contributed by atoms with E-state index in [1.165, 1.54) is 5.56 Å². The Balaban J connectivity index is 1.62. The van der Waals surface area contributed by atoms with Crippen LogP contribution in [0.25, 0.3) is 0 Å². The molecule has 0 aliphatic heterocycles. The second-order valence-electron chi connectivity index (χ2n) is 5.75. The molecule has 26 heavy (non-hydrogen) atoms. The second-order valence-corrected chi connectivity index (χ2v) is 5.75. The van der Waals surface area contributed by atoms with Crippen LogP contribution in [0.3, 0.4) is 0 Å². The van der Waals surface area contributed by atoms with Crippen LogP contribution in [-0.2, 0) is 6.61 Å². The van der Waals surface area contributed by atoms with E-state index < -0.39 is 0 Å². The van der Waals surface area contributed by atoms with Gasteiger partial charge in [-0.05, 0) is 50.2 Å². The van der Waals surface area contributed by atoms with Crippen molar-refractivity contribution in [3.63, 3.8) is 0 Å². The third kappa shape index (κ3) is 4.45. The first-order valence-electron chi connectivity index (χ1n) is 8.47. The van der Waals surface area contributed by atoms with Crippen LogP contribution in [0.5, 0.6) is 11.5 Å². The maximum atomic E-state index is 12.4. The first-order chi connectivity index (χ1) is 12.7. The summed E-state index contributed by atoms with van der Waals surface area (Å²) in [5.74, 6) is 1.84. The van der Waals surface area contributed by atoms with Crippen LogP contribution in [0.1, 0.15) is 28.8 Å². The van der Waals surface area contributed by atoms with Crippen LogP contribution in [0.15, 0.2) is 65.1 Å². The van der Waals surface area contributed by atoms with Gasteiger partial charge in [0.1, 0.15) is 23.9 Å². The number of nitrogens with one attached hydrogen (secondary N) is 1. The molecule has 1 aromatic heterocycles. The lowest BCUT2D eigenvalue weighted by atomic mass is 10.2. The van der Waals surface area contributed by atoms with Crippen LogP contribution in [0, 0.1) is 6.92 Å². The molecule has 5 nitrogen and oxygen atoms in total. The first kappa shape index (κ1) is 17.6. The van der Waals surface area contributed by atoms with E-state index in [0.717, 1.165) is 5.75 Å².